The molecule has 13 heteroatoms. The summed E-state index contributed by atoms with van der Waals surface area (Å²) in [6.07, 6.45) is 1.40. The molecule has 1 amide bonds. The molecular formula is C35H40FIN2O8S. The van der Waals surface area contributed by atoms with Crippen LogP contribution in [0.15, 0.2) is 60.8 Å². The first-order chi connectivity index (χ1) is 23.1. The molecule has 0 atom stereocenters. The molecule has 0 aliphatic carbocycles. The summed E-state index contributed by atoms with van der Waals surface area (Å²) in [7, 11) is 9.55. The SMILES string of the molecule is CCOC(=O)Oc1c(C=O)c(C(=O)N(C)C)c(OCCSI)c2cc(Cc3ccc(F)cc3)cnc12.COC.COc1ccccc1C. The molecule has 258 valence electrons. The van der Waals surface area contributed by atoms with Crippen LogP contribution < -0.4 is 14.2 Å². The first-order valence-electron chi connectivity index (χ1n) is 14.7. The van der Waals surface area contributed by atoms with Crippen molar-refractivity contribution in [1.29, 1.82) is 0 Å². The highest BCUT2D eigenvalue weighted by Crippen LogP contribution is 2.41. The van der Waals surface area contributed by atoms with Crippen molar-refractivity contribution in [3.8, 4) is 17.2 Å². The number of hydrogen-bond acceptors (Lipinski definition) is 10. The predicted molar refractivity (Wildman–Crippen MR) is 195 cm³/mol. The summed E-state index contributed by atoms with van der Waals surface area (Å²) in [6, 6.07) is 15.8. The van der Waals surface area contributed by atoms with E-state index in [1.54, 1.807) is 66.7 Å². The number of aryl methyl sites for hydroxylation is 1. The molecular weight excluding hydrogens is 754 g/mol. The number of carbonyl (C=O) groups is 3. The number of carbonyl (C=O) groups excluding carboxylic acids is 3. The van der Waals surface area contributed by atoms with Crippen molar-refractivity contribution in [3.63, 3.8) is 0 Å². The van der Waals surface area contributed by atoms with Crippen molar-refractivity contribution in [2.24, 2.45) is 0 Å². The van der Waals surface area contributed by atoms with Gasteiger partial charge in [0.2, 0.25) is 0 Å². The molecule has 0 N–H and O–H groups in total. The van der Waals surface area contributed by atoms with Crippen molar-refractivity contribution in [2.75, 3.05) is 54.4 Å². The molecule has 4 rings (SSSR count). The molecule has 0 aliphatic heterocycles. The monoisotopic (exact) mass is 794 g/mol. The average Bonchev–Trinajstić information content (AvgIpc) is 3.07. The standard InChI is InChI=1S/C25H24FIN2O6S.C8H10O.C2H6O/c1-4-33-25(32)35-23-19(14-30)20(24(31)29(2)3)22(34-9-10-36-27)18-12-16(13-28-21(18)23)11-15-5-7-17(26)8-6-15;1-7-5-3-4-6-8(7)9-2;1-3-2/h5-8,12-14H,4,9-11H2,1-3H3;3-6H,1-2H3;1-2H3. The van der Waals surface area contributed by atoms with E-state index in [1.807, 2.05) is 31.2 Å². The summed E-state index contributed by atoms with van der Waals surface area (Å²) < 4.78 is 39.0. The zero-order valence-electron chi connectivity index (χ0n) is 28.0. The zero-order valence-corrected chi connectivity index (χ0v) is 31.0. The molecule has 0 aliphatic rings. The number of aldehydes is 1. The molecule has 1 heterocycles. The Kier molecular flexibility index (Phi) is 17.7. The number of nitrogens with zero attached hydrogens (tertiary/aromatic N) is 2. The van der Waals surface area contributed by atoms with Gasteiger partial charge in [0.1, 0.15) is 22.8 Å². The number of halogens is 2. The molecule has 0 fully saturated rings. The van der Waals surface area contributed by atoms with E-state index in [0.717, 1.165) is 16.9 Å². The van der Waals surface area contributed by atoms with Crippen LogP contribution in [0.5, 0.6) is 17.2 Å². The summed E-state index contributed by atoms with van der Waals surface area (Å²) in [4.78, 5) is 43.5. The predicted octanol–water partition coefficient (Wildman–Crippen LogP) is 7.74. The largest absolute Gasteiger partial charge is 0.513 e. The van der Waals surface area contributed by atoms with Crippen molar-refractivity contribution >= 4 is 59.4 Å². The Morgan fingerprint density at radius 3 is 2.23 bits per heavy atom. The molecule has 0 unspecified atom stereocenters. The van der Waals surface area contributed by atoms with Gasteiger partial charge in [0.15, 0.2) is 12.0 Å². The topological polar surface area (TPSA) is 113 Å². The highest BCUT2D eigenvalue weighted by molar-refractivity contribution is 14.2. The van der Waals surface area contributed by atoms with Crippen LogP contribution >= 0.6 is 30.1 Å². The average molecular weight is 795 g/mol. The zero-order chi connectivity index (χ0) is 35.6. The van der Waals surface area contributed by atoms with Crippen LogP contribution in [0.2, 0.25) is 0 Å². The van der Waals surface area contributed by atoms with Gasteiger partial charge in [-0.05, 0) is 82.4 Å². The number of para-hydroxylation sites is 1. The van der Waals surface area contributed by atoms with Gasteiger partial charge in [-0.2, -0.15) is 0 Å². The van der Waals surface area contributed by atoms with Crippen molar-refractivity contribution in [3.05, 3.63) is 94.4 Å². The summed E-state index contributed by atoms with van der Waals surface area (Å²) in [5, 5.41) is 0.392. The van der Waals surface area contributed by atoms with E-state index in [4.69, 9.17) is 18.9 Å². The maximum absolute atomic E-state index is 13.3. The molecule has 0 saturated heterocycles. The molecule has 48 heavy (non-hydrogen) atoms. The first kappa shape index (κ1) is 40.2. The van der Waals surface area contributed by atoms with Gasteiger partial charge < -0.3 is 28.6 Å². The number of rotatable bonds is 11. The maximum atomic E-state index is 13.3. The quantitative estimate of drug-likeness (QED) is 0.0492. The third kappa shape index (κ3) is 11.6. The van der Waals surface area contributed by atoms with Gasteiger partial charge in [-0.3, -0.25) is 14.6 Å². The highest BCUT2D eigenvalue weighted by Gasteiger charge is 2.29. The van der Waals surface area contributed by atoms with Crippen LogP contribution in [0, 0.1) is 12.7 Å². The van der Waals surface area contributed by atoms with Crippen LogP contribution in [0.25, 0.3) is 10.9 Å². The molecule has 10 nitrogen and oxygen atoms in total. The lowest BCUT2D eigenvalue weighted by molar-refractivity contribution is 0.0816. The van der Waals surface area contributed by atoms with E-state index >= 15 is 0 Å². The van der Waals surface area contributed by atoms with Crippen LogP contribution in [0.4, 0.5) is 9.18 Å². The van der Waals surface area contributed by atoms with Crippen LogP contribution in [-0.4, -0.2) is 82.6 Å². The Bertz CT molecular complexity index is 1650. The van der Waals surface area contributed by atoms with Gasteiger partial charge in [0.25, 0.3) is 5.91 Å². The summed E-state index contributed by atoms with van der Waals surface area (Å²) in [6.45, 7) is 3.96. The molecule has 0 radical (unpaired) electrons. The third-order valence-corrected chi connectivity index (χ3v) is 8.01. The Morgan fingerprint density at radius 2 is 1.69 bits per heavy atom. The Labute approximate surface area is 296 Å². The lowest BCUT2D eigenvalue weighted by Gasteiger charge is -2.21. The van der Waals surface area contributed by atoms with Crippen molar-refractivity contribution < 1.29 is 42.5 Å². The van der Waals surface area contributed by atoms with Crippen molar-refractivity contribution in [1.82, 2.24) is 9.88 Å². The minimum absolute atomic E-state index is 0.0408. The van der Waals surface area contributed by atoms with Gasteiger partial charge in [0.05, 0.1) is 31.5 Å². The minimum atomic E-state index is -1.03. The third-order valence-electron chi connectivity index (χ3n) is 6.37. The Morgan fingerprint density at radius 1 is 1.02 bits per heavy atom. The van der Waals surface area contributed by atoms with E-state index in [9.17, 15) is 18.8 Å². The van der Waals surface area contributed by atoms with E-state index in [2.05, 4.69) is 30.9 Å². The molecule has 4 aromatic rings. The second kappa shape index (κ2) is 21.1. The smallest absolute Gasteiger partial charge is 0.496 e. The maximum Gasteiger partial charge on any atom is 0.513 e. The van der Waals surface area contributed by atoms with Gasteiger partial charge in [-0.15, -0.1) is 0 Å². The first-order valence-corrected chi connectivity index (χ1v) is 18.2. The van der Waals surface area contributed by atoms with Crippen LogP contribution in [-0.2, 0) is 15.9 Å². The normalized spacial score (nSPS) is 10.1. The Hall–Kier alpha value is -3.95. The fraction of sp³-hybridized carbons (Fsp3) is 0.314. The van der Waals surface area contributed by atoms with Crippen LogP contribution in [0.1, 0.15) is 44.3 Å². The van der Waals surface area contributed by atoms with Gasteiger partial charge >= 0.3 is 6.16 Å². The van der Waals surface area contributed by atoms with Crippen molar-refractivity contribution in [2.45, 2.75) is 20.3 Å². The van der Waals surface area contributed by atoms with E-state index in [0.29, 0.717) is 23.8 Å². The van der Waals surface area contributed by atoms with Gasteiger partial charge in [0, 0.05) is 45.7 Å². The number of aromatic nitrogens is 1. The number of methoxy groups -OCH3 is 2. The van der Waals surface area contributed by atoms with E-state index in [-0.39, 0.29) is 47.2 Å². The number of amides is 1. The molecule has 0 spiro atoms. The fourth-order valence-electron chi connectivity index (χ4n) is 4.29. The molecule has 0 bridgehead atoms. The number of benzene rings is 3. The summed E-state index contributed by atoms with van der Waals surface area (Å²) >= 11 is 2.14. The lowest BCUT2D eigenvalue weighted by atomic mass is 9.97. The van der Waals surface area contributed by atoms with E-state index < -0.39 is 12.1 Å². The summed E-state index contributed by atoms with van der Waals surface area (Å²) in [5.74, 6) is 0.714. The molecule has 1 aromatic heterocycles. The number of fused-ring (bicyclic) bond motifs is 1. The van der Waals surface area contributed by atoms with Gasteiger partial charge in [-0.1, -0.05) is 39.3 Å². The minimum Gasteiger partial charge on any atom is -0.496 e. The fourth-order valence-corrected chi connectivity index (χ4v) is 4.97. The lowest BCUT2D eigenvalue weighted by Crippen LogP contribution is -2.25. The number of ether oxygens (including phenoxy) is 5. The second-order valence-electron chi connectivity index (χ2n) is 10.1. The van der Waals surface area contributed by atoms with E-state index in [1.165, 1.54) is 31.5 Å². The number of hydrogen-bond donors (Lipinski definition) is 0. The highest BCUT2D eigenvalue weighted by atomic mass is 127. The second-order valence-corrected chi connectivity index (χ2v) is 12.6. The van der Waals surface area contributed by atoms with Crippen LogP contribution in [0.3, 0.4) is 0 Å². The summed E-state index contributed by atoms with van der Waals surface area (Å²) in [5.41, 5.74) is 2.73. The molecule has 3 aromatic carbocycles. The Balaban J connectivity index is 0.000000562. The molecule has 0 saturated carbocycles. The van der Waals surface area contributed by atoms with Gasteiger partial charge in [-0.25, -0.2) is 9.18 Å². The number of pyridine rings is 1.